The summed E-state index contributed by atoms with van der Waals surface area (Å²) in [4.78, 5) is 35.9. The highest BCUT2D eigenvalue weighted by Gasteiger charge is 2.18. The average molecular weight is 367 g/mol. The number of piperazine rings is 1. The number of para-hydroxylation sites is 1. The number of rotatable bonds is 6. The van der Waals surface area contributed by atoms with Gasteiger partial charge in [-0.05, 0) is 24.0 Å². The number of benzene rings is 1. The van der Waals surface area contributed by atoms with Crippen molar-refractivity contribution in [3.8, 4) is 0 Å². The number of aryl methyl sites for hydroxylation is 2. The first kappa shape index (κ1) is 18.8. The first-order chi connectivity index (χ1) is 13.2. The number of aromatic nitrogens is 2. The summed E-state index contributed by atoms with van der Waals surface area (Å²) in [5.41, 5.74) is 3.56. The van der Waals surface area contributed by atoms with Crippen LogP contribution in [0.25, 0.3) is 0 Å². The molecule has 2 amide bonds. The lowest BCUT2D eigenvalue weighted by molar-refractivity contribution is -0.118. The average Bonchev–Trinajstić information content (AvgIpc) is 2.74. The molecule has 142 valence electrons. The predicted octanol–water partition coefficient (Wildman–Crippen LogP) is 2.13. The minimum absolute atomic E-state index is 0.206. The van der Waals surface area contributed by atoms with E-state index < -0.39 is 0 Å². The molecule has 0 bridgehead atoms. The van der Waals surface area contributed by atoms with Gasteiger partial charge in [0.2, 0.25) is 12.4 Å². The largest absolute Gasteiger partial charge is 0.342 e. The topological polar surface area (TPSA) is 78.4 Å². The Bertz CT molecular complexity index is 776. The molecule has 1 aromatic carbocycles. The molecular formula is C20H25N5O2. The van der Waals surface area contributed by atoms with Crippen molar-refractivity contribution in [2.24, 2.45) is 0 Å². The highest BCUT2D eigenvalue weighted by Crippen LogP contribution is 2.23. The SMILES string of the molecule is CCc1cccc(CC)c1NC(=O)c1cnc(N2CCN(C=O)CC2)nc1. The van der Waals surface area contributed by atoms with Gasteiger partial charge in [-0.25, -0.2) is 9.97 Å². The van der Waals surface area contributed by atoms with Crippen LogP contribution in [0.3, 0.4) is 0 Å². The van der Waals surface area contributed by atoms with Gasteiger partial charge in [-0.2, -0.15) is 0 Å². The van der Waals surface area contributed by atoms with Gasteiger partial charge in [-0.15, -0.1) is 0 Å². The van der Waals surface area contributed by atoms with E-state index in [1.807, 2.05) is 23.1 Å². The molecule has 1 aliphatic heterocycles. The Labute approximate surface area is 159 Å². The molecule has 27 heavy (non-hydrogen) atoms. The van der Waals surface area contributed by atoms with E-state index in [0.29, 0.717) is 37.7 Å². The van der Waals surface area contributed by atoms with E-state index in [2.05, 4.69) is 29.1 Å². The van der Waals surface area contributed by atoms with Gasteiger partial charge >= 0.3 is 0 Å². The van der Waals surface area contributed by atoms with Crippen LogP contribution in [-0.4, -0.2) is 53.4 Å². The van der Waals surface area contributed by atoms with Crippen molar-refractivity contribution in [1.29, 1.82) is 0 Å². The Hall–Kier alpha value is -2.96. The first-order valence-corrected chi connectivity index (χ1v) is 9.34. The lowest BCUT2D eigenvalue weighted by atomic mass is 10.0. The molecular weight excluding hydrogens is 342 g/mol. The third-order valence-corrected chi connectivity index (χ3v) is 4.88. The van der Waals surface area contributed by atoms with E-state index in [0.717, 1.165) is 36.1 Å². The molecule has 1 N–H and O–H groups in total. The number of amides is 2. The number of hydrogen-bond donors (Lipinski definition) is 1. The third kappa shape index (κ3) is 4.24. The monoisotopic (exact) mass is 367 g/mol. The number of nitrogens with zero attached hydrogens (tertiary/aromatic N) is 4. The smallest absolute Gasteiger partial charge is 0.258 e. The Morgan fingerprint density at radius 1 is 1.07 bits per heavy atom. The second-order valence-corrected chi connectivity index (χ2v) is 6.51. The number of carbonyl (C=O) groups excluding carboxylic acids is 2. The van der Waals surface area contributed by atoms with Gasteiger partial charge in [-0.3, -0.25) is 9.59 Å². The molecule has 0 aliphatic carbocycles. The highest BCUT2D eigenvalue weighted by atomic mass is 16.1. The van der Waals surface area contributed by atoms with Crippen molar-refractivity contribution in [2.75, 3.05) is 36.4 Å². The highest BCUT2D eigenvalue weighted by molar-refractivity contribution is 6.04. The molecule has 1 aliphatic rings. The van der Waals surface area contributed by atoms with E-state index in [-0.39, 0.29) is 5.91 Å². The fraction of sp³-hybridized carbons (Fsp3) is 0.400. The van der Waals surface area contributed by atoms with E-state index >= 15 is 0 Å². The molecule has 7 nitrogen and oxygen atoms in total. The van der Waals surface area contributed by atoms with Crippen LogP contribution >= 0.6 is 0 Å². The fourth-order valence-electron chi connectivity index (χ4n) is 3.22. The molecule has 2 heterocycles. The number of carbonyl (C=O) groups is 2. The molecule has 2 aromatic rings. The molecule has 0 saturated carbocycles. The Morgan fingerprint density at radius 2 is 1.67 bits per heavy atom. The maximum absolute atomic E-state index is 12.7. The van der Waals surface area contributed by atoms with Crippen LogP contribution in [-0.2, 0) is 17.6 Å². The van der Waals surface area contributed by atoms with E-state index in [4.69, 9.17) is 0 Å². The van der Waals surface area contributed by atoms with Crippen molar-refractivity contribution < 1.29 is 9.59 Å². The maximum atomic E-state index is 12.7. The van der Waals surface area contributed by atoms with Crippen molar-refractivity contribution in [2.45, 2.75) is 26.7 Å². The van der Waals surface area contributed by atoms with Crippen molar-refractivity contribution in [1.82, 2.24) is 14.9 Å². The minimum atomic E-state index is -0.206. The van der Waals surface area contributed by atoms with Gasteiger partial charge in [-0.1, -0.05) is 32.0 Å². The number of hydrogen-bond acceptors (Lipinski definition) is 5. The predicted molar refractivity (Wildman–Crippen MR) is 105 cm³/mol. The summed E-state index contributed by atoms with van der Waals surface area (Å²) in [6.45, 7) is 6.84. The normalized spacial score (nSPS) is 14.1. The first-order valence-electron chi connectivity index (χ1n) is 9.34. The molecule has 1 saturated heterocycles. The quantitative estimate of drug-likeness (QED) is 0.792. The molecule has 0 spiro atoms. The van der Waals surface area contributed by atoms with E-state index in [1.54, 1.807) is 17.3 Å². The third-order valence-electron chi connectivity index (χ3n) is 4.88. The number of anilines is 2. The summed E-state index contributed by atoms with van der Waals surface area (Å²) >= 11 is 0. The van der Waals surface area contributed by atoms with Crippen LogP contribution in [0.15, 0.2) is 30.6 Å². The van der Waals surface area contributed by atoms with Gasteiger partial charge in [0.25, 0.3) is 5.91 Å². The molecule has 0 unspecified atom stereocenters. The van der Waals surface area contributed by atoms with Crippen molar-refractivity contribution in [3.63, 3.8) is 0 Å². The molecule has 1 fully saturated rings. The summed E-state index contributed by atoms with van der Waals surface area (Å²) in [5, 5.41) is 3.03. The van der Waals surface area contributed by atoms with Crippen LogP contribution in [0.5, 0.6) is 0 Å². The van der Waals surface area contributed by atoms with Gasteiger partial charge < -0.3 is 15.1 Å². The number of nitrogens with one attached hydrogen (secondary N) is 1. The summed E-state index contributed by atoms with van der Waals surface area (Å²) in [6.07, 6.45) is 5.69. The van der Waals surface area contributed by atoms with E-state index in [1.165, 1.54) is 0 Å². The summed E-state index contributed by atoms with van der Waals surface area (Å²) in [6, 6.07) is 6.09. The lowest BCUT2D eigenvalue weighted by Crippen LogP contribution is -2.46. The van der Waals surface area contributed by atoms with Crippen molar-refractivity contribution in [3.05, 3.63) is 47.3 Å². The lowest BCUT2D eigenvalue weighted by Gasteiger charge is -2.32. The summed E-state index contributed by atoms with van der Waals surface area (Å²) in [5.74, 6) is 0.378. The molecule has 1 aromatic heterocycles. The van der Waals surface area contributed by atoms with Crippen LogP contribution in [0.1, 0.15) is 35.3 Å². The van der Waals surface area contributed by atoms with Crippen LogP contribution < -0.4 is 10.2 Å². The summed E-state index contributed by atoms with van der Waals surface area (Å²) in [7, 11) is 0. The van der Waals surface area contributed by atoms with E-state index in [9.17, 15) is 9.59 Å². The zero-order valence-electron chi connectivity index (χ0n) is 15.8. The molecule has 0 atom stereocenters. The maximum Gasteiger partial charge on any atom is 0.258 e. The Kier molecular flexibility index (Phi) is 6.01. The zero-order chi connectivity index (χ0) is 19.2. The van der Waals surface area contributed by atoms with Gasteiger partial charge in [0, 0.05) is 44.3 Å². The van der Waals surface area contributed by atoms with Crippen molar-refractivity contribution >= 4 is 24.0 Å². The Balaban J connectivity index is 1.71. The van der Waals surface area contributed by atoms with Crippen LogP contribution in [0, 0.1) is 0 Å². The fourth-order valence-corrected chi connectivity index (χ4v) is 3.22. The second kappa shape index (κ2) is 8.62. The van der Waals surface area contributed by atoms with Crippen LogP contribution in [0.2, 0.25) is 0 Å². The molecule has 3 rings (SSSR count). The second-order valence-electron chi connectivity index (χ2n) is 6.51. The van der Waals surface area contributed by atoms with Crippen LogP contribution in [0.4, 0.5) is 11.6 Å². The standard InChI is InChI=1S/C20H25N5O2/c1-3-15-6-5-7-16(4-2)18(15)23-19(27)17-12-21-20(22-13-17)25-10-8-24(14-26)9-11-25/h5-7,12-14H,3-4,8-11H2,1-2H3,(H,23,27). The zero-order valence-corrected chi connectivity index (χ0v) is 15.8. The van der Waals surface area contributed by atoms with Gasteiger partial charge in [0.1, 0.15) is 0 Å². The Morgan fingerprint density at radius 3 is 2.19 bits per heavy atom. The molecule has 7 heteroatoms. The summed E-state index contributed by atoms with van der Waals surface area (Å²) < 4.78 is 0. The van der Waals surface area contributed by atoms with Gasteiger partial charge in [0.15, 0.2) is 0 Å². The van der Waals surface area contributed by atoms with Gasteiger partial charge in [0.05, 0.1) is 5.56 Å². The molecule has 0 radical (unpaired) electrons. The minimum Gasteiger partial charge on any atom is -0.342 e.